The average Bonchev–Trinajstić information content (AvgIpc) is 2.63. The average molecular weight is 247 g/mol. The van der Waals surface area contributed by atoms with Crippen LogP contribution in [0.15, 0.2) is 18.2 Å². The normalized spacial score (nSPS) is 11.6. The number of likely N-dealkylation sites (N-methyl/N-ethyl adjacent to an activating group) is 1. The number of hydrazine groups is 1. The van der Waals surface area contributed by atoms with Crippen LogP contribution in [0.2, 0.25) is 0 Å². The van der Waals surface area contributed by atoms with E-state index >= 15 is 0 Å². The molecular formula is C13H21N5. The Labute approximate surface area is 108 Å². The van der Waals surface area contributed by atoms with Crippen molar-refractivity contribution in [2.45, 2.75) is 13.3 Å². The molecule has 0 unspecified atom stereocenters. The lowest BCUT2D eigenvalue weighted by atomic mass is 10.1. The molecule has 5 nitrogen and oxygen atoms in total. The standard InChI is InChI=1S/C13H21N5/c1-10-16-12-8-11(4-5-13(12)18(10)3)6-7-17(2)9-15-14/h4-5,8,15H,6-7,9,14H2,1-3H3. The topological polar surface area (TPSA) is 59.1 Å². The van der Waals surface area contributed by atoms with E-state index in [-0.39, 0.29) is 0 Å². The van der Waals surface area contributed by atoms with Crippen LogP contribution in [-0.2, 0) is 13.5 Å². The van der Waals surface area contributed by atoms with E-state index in [0.29, 0.717) is 6.67 Å². The Morgan fingerprint density at radius 2 is 2.22 bits per heavy atom. The summed E-state index contributed by atoms with van der Waals surface area (Å²) in [6.07, 6.45) is 1.00. The fourth-order valence-corrected chi connectivity index (χ4v) is 2.08. The number of aryl methyl sites for hydroxylation is 2. The maximum absolute atomic E-state index is 5.29. The van der Waals surface area contributed by atoms with Crippen LogP contribution in [0.3, 0.4) is 0 Å². The van der Waals surface area contributed by atoms with Crippen LogP contribution in [0.1, 0.15) is 11.4 Å². The molecule has 0 saturated carbocycles. The van der Waals surface area contributed by atoms with Crippen molar-refractivity contribution in [2.75, 3.05) is 20.3 Å². The second-order valence-corrected chi connectivity index (χ2v) is 4.73. The van der Waals surface area contributed by atoms with Gasteiger partial charge in [-0.1, -0.05) is 6.07 Å². The summed E-state index contributed by atoms with van der Waals surface area (Å²) < 4.78 is 2.11. The third kappa shape index (κ3) is 2.69. The summed E-state index contributed by atoms with van der Waals surface area (Å²) in [5.41, 5.74) is 6.23. The Morgan fingerprint density at radius 1 is 1.44 bits per heavy atom. The first-order valence-electron chi connectivity index (χ1n) is 6.16. The Kier molecular flexibility index (Phi) is 3.96. The van der Waals surface area contributed by atoms with Crippen molar-refractivity contribution in [1.82, 2.24) is 19.9 Å². The van der Waals surface area contributed by atoms with Gasteiger partial charge in [0.15, 0.2) is 0 Å². The molecule has 2 aromatic rings. The Morgan fingerprint density at radius 3 is 2.94 bits per heavy atom. The van der Waals surface area contributed by atoms with Crippen molar-refractivity contribution in [3.63, 3.8) is 0 Å². The van der Waals surface area contributed by atoms with Crippen LogP contribution in [0.5, 0.6) is 0 Å². The van der Waals surface area contributed by atoms with Gasteiger partial charge in [0.05, 0.1) is 17.7 Å². The molecule has 0 atom stereocenters. The van der Waals surface area contributed by atoms with E-state index in [2.05, 4.69) is 38.1 Å². The quantitative estimate of drug-likeness (QED) is 0.465. The largest absolute Gasteiger partial charge is 0.331 e. The second kappa shape index (κ2) is 5.48. The number of nitrogens with one attached hydrogen (secondary N) is 1. The van der Waals surface area contributed by atoms with Gasteiger partial charge in [-0.3, -0.25) is 10.7 Å². The summed E-state index contributed by atoms with van der Waals surface area (Å²) in [7, 11) is 4.09. The number of imidazole rings is 1. The van der Waals surface area contributed by atoms with E-state index in [1.54, 1.807) is 0 Å². The molecule has 18 heavy (non-hydrogen) atoms. The van der Waals surface area contributed by atoms with Crippen molar-refractivity contribution in [3.05, 3.63) is 29.6 Å². The molecule has 3 N–H and O–H groups in total. The SMILES string of the molecule is Cc1nc2cc(CCN(C)CNN)ccc2n1C. The van der Waals surface area contributed by atoms with Gasteiger partial charge in [-0.05, 0) is 38.1 Å². The van der Waals surface area contributed by atoms with Crippen LogP contribution < -0.4 is 11.3 Å². The molecule has 5 heteroatoms. The zero-order valence-electron chi connectivity index (χ0n) is 11.3. The van der Waals surface area contributed by atoms with Crippen LogP contribution in [0.25, 0.3) is 11.0 Å². The number of fused-ring (bicyclic) bond motifs is 1. The molecule has 0 aliphatic heterocycles. The fraction of sp³-hybridized carbons (Fsp3) is 0.462. The first-order valence-corrected chi connectivity index (χ1v) is 6.16. The number of hydrogen-bond acceptors (Lipinski definition) is 4. The van der Waals surface area contributed by atoms with Gasteiger partial charge in [0.2, 0.25) is 0 Å². The van der Waals surface area contributed by atoms with Gasteiger partial charge in [-0.2, -0.15) is 0 Å². The minimum Gasteiger partial charge on any atom is -0.331 e. The first kappa shape index (κ1) is 13.0. The summed E-state index contributed by atoms with van der Waals surface area (Å²) in [6, 6.07) is 6.49. The monoisotopic (exact) mass is 247 g/mol. The van der Waals surface area contributed by atoms with Crippen LogP contribution in [0, 0.1) is 6.92 Å². The van der Waals surface area contributed by atoms with Gasteiger partial charge in [0.25, 0.3) is 0 Å². The smallest absolute Gasteiger partial charge is 0.106 e. The van der Waals surface area contributed by atoms with Gasteiger partial charge < -0.3 is 4.57 Å². The number of nitrogens with zero attached hydrogens (tertiary/aromatic N) is 3. The van der Waals surface area contributed by atoms with E-state index in [9.17, 15) is 0 Å². The lowest BCUT2D eigenvalue weighted by molar-refractivity contribution is 0.313. The van der Waals surface area contributed by atoms with Crippen molar-refractivity contribution in [3.8, 4) is 0 Å². The Balaban J connectivity index is 2.10. The molecule has 0 aliphatic carbocycles. The van der Waals surface area contributed by atoms with Crippen molar-refractivity contribution in [1.29, 1.82) is 0 Å². The first-order chi connectivity index (χ1) is 8.61. The molecule has 1 heterocycles. The maximum atomic E-state index is 5.29. The van der Waals surface area contributed by atoms with Crippen molar-refractivity contribution >= 4 is 11.0 Å². The predicted octanol–water partition coefficient (Wildman–Crippen LogP) is 0.777. The second-order valence-electron chi connectivity index (χ2n) is 4.73. The Bertz CT molecular complexity index is 531. The molecule has 0 saturated heterocycles. The zero-order chi connectivity index (χ0) is 13.1. The molecule has 0 spiro atoms. The van der Waals surface area contributed by atoms with Gasteiger partial charge >= 0.3 is 0 Å². The molecule has 0 bridgehead atoms. The number of hydrogen-bond donors (Lipinski definition) is 2. The minimum atomic E-state index is 0.699. The number of aromatic nitrogens is 2. The van der Waals surface area contributed by atoms with Crippen LogP contribution in [0.4, 0.5) is 0 Å². The highest BCUT2D eigenvalue weighted by atomic mass is 15.3. The van der Waals surface area contributed by atoms with Gasteiger partial charge in [-0.25, -0.2) is 10.4 Å². The van der Waals surface area contributed by atoms with E-state index in [0.717, 1.165) is 24.3 Å². The van der Waals surface area contributed by atoms with Gasteiger partial charge in [-0.15, -0.1) is 0 Å². The number of benzene rings is 1. The lowest BCUT2D eigenvalue weighted by Gasteiger charge is -2.15. The van der Waals surface area contributed by atoms with E-state index in [4.69, 9.17) is 5.84 Å². The molecular weight excluding hydrogens is 226 g/mol. The number of rotatable bonds is 5. The lowest BCUT2D eigenvalue weighted by Crippen LogP contribution is -2.36. The highest BCUT2D eigenvalue weighted by Crippen LogP contribution is 2.16. The summed E-state index contributed by atoms with van der Waals surface area (Å²) in [5, 5.41) is 0. The van der Waals surface area contributed by atoms with Crippen LogP contribution >= 0.6 is 0 Å². The predicted molar refractivity (Wildman–Crippen MR) is 74.0 cm³/mol. The summed E-state index contributed by atoms with van der Waals surface area (Å²) >= 11 is 0. The van der Waals surface area contributed by atoms with E-state index < -0.39 is 0 Å². The Hall–Kier alpha value is -1.43. The van der Waals surface area contributed by atoms with Crippen molar-refractivity contribution < 1.29 is 0 Å². The number of nitrogens with two attached hydrogens (primary N) is 1. The van der Waals surface area contributed by atoms with Gasteiger partial charge in [0.1, 0.15) is 5.82 Å². The molecule has 0 fully saturated rings. The van der Waals surface area contributed by atoms with Gasteiger partial charge in [0, 0.05) is 13.6 Å². The third-order valence-corrected chi connectivity index (χ3v) is 3.31. The molecule has 0 radical (unpaired) electrons. The van der Waals surface area contributed by atoms with E-state index in [1.807, 2.05) is 21.0 Å². The molecule has 1 aromatic heterocycles. The zero-order valence-corrected chi connectivity index (χ0v) is 11.3. The van der Waals surface area contributed by atoms with E-state index in [1.165, 1.54) is 11.1 Å². The summed E-state index contributed by atoms with van der Waals surface area (Å²) in [6.45, 7) is 3.70. The molecule has 0 aliphatic rings. The molecule has 98 valence electrons. The summed E-state index contributed by atoms with van der Waals surface area (Å²) in [4.78, 5) is 6.70. The summed E-state index contributed by atoms with van der Waals surface area (Å²) in [5.74, 6) is 6.34. The molecule has 2 rings (SSSR count). The third-order valence-electron chi connectivity index (χ3n) is 3.31. The van der Waals surface area contributed by atoms with Crippen LogP contribution in [-0.4, -0.2) is 34.7 Å². The van der Waals surface area contributed by atoms with Crippen molar-refractivity contribution in [2.24, 2.45) is 12.9 Å². The molecule has 1 aromatic carbocycles. The molecule has 0 amide bonds. The highest BCUT2D eigenvalue weighted by molar-refractivity contribution is 5.76. The highest BCUT2D eigenvalue weighted by Gasteiger charge is 2.05. The minimum absolute atomic E-state index is 0.699. The maximum Gasteiger partial charge on any atom is 0.106 e. The fourth-order valence-electron chi connectivity index (χ4n) is 2.08.